The normalized spacial score (nSPS) is 16.7. The molecule has 1 aliphatic heterocycles. The van der Waals surface area contributed by atoms with Crippen molar-refractivity contribution in [3.63, 3.8) is 0 Å². The zero-order valence-electron chi connectivity index (χ0n) is 14.8. The number of fused-ring (bicyclic) bond motifs is 2. The lowest BCUT2D eigenvalue weighted by Crippen LogP contribution is -2.50. The standard InChI is InChI=1S/C21H20N4O2/c22-21(27)19-11-14-5-1-2-6-15(14)12-25(19)13-20(26)24-18-9-3-8-17-16(18)7-4-10-23-17/h1-10,19H,11-13H2,(H2,22,27)(H,24,26)/t19-/m0/s1. The molecule has 2 heterocycles. The topological polar surface area (TPSA) is 88.3 Å². The van der Waals surface area contributed by atoms with Crippen LogP contribution < -0.4 is 11.1 Å². The Morgan fingerprint density at radius 1 is 1.07 bits per heavy atom. The summed E-state index contributed by atoms with van der Waals surface area (Å²) in [5.41, 5.74) is 9.35. The highest BCUT2D eigenvalue weighted by molar-refractivity contribution is 6.01. The summed E-state index contributed by atoms with van der Waals surface area (Å²) in [5.74, 6) is -0.594. The Hall–Kier alpha value is -3.25. The molecule has 0 aliphatic carbocycles. The first kappa shape index (κ1) is 17.2. The van der Waals surface area contributed by atoms with Crippen LogP contribution in [0.5, 0.6) is 0 Å². The van der Waals surface area contributed by atoms with Crippen molar-refractivity contribution in [3.05, 3.63) is 71.9 Å². The molecule has 0 unspecified atom stereocenters. The van der Waals surface area contributed by atoms with Gasteiger partial charge in [0.25, 0.3) is 0 Å². The summed E-state index contributed by atoms with van der Waals surface area (Å²) in [5, 5.41) is 3.82. The van der Waals surface area contributed by atoms with Crippen molar-refractivity contribution in [1.82, 2.24) is 9.88 Å². The van der Waals surface area contributed by atoms with Gasteiger partial charge in [0.1, 0.15) is 0 Å². The van der Waals surface area contributed by atoms with E-state index in [0.717, 1.165) is 22.0 Å². The lowest BCUT2D eigenvalue weighted by molar-refractivity contribution is -0.125. The van der Waals surface area contributed by atoms with Gasteiger partial charge in [0.2, 0.25) is 11.8 Å². The molecule has 0 saturated heterocycles. The molecular weight excluding hydrogens is 340 g/mol. The van der Waals surface area contributed by atoms with E-state index in [0.29, 0.717) is 18.7 Å². The quantitative estimate of drug-likeness (QED) is 0.746. The SMILES string of the molecule is NC(=O)[C@@H]1Cc2ccccc2CN1CC(=O)Nc1cccc2ncccc12. The summed E-state index contributed by atoms with van der Waals surface area (Å²) in [6, 6.07) is 16.8. The Labute approximate surface area is 157 Å². The first-order valence-corrected chi connectivity index (χ1v) is 8.85. The number of aromatic nitrogens is 1. The fourth-order valence-corrected chi connectivity index (χ4v) is 3.61. The highest BCUT2D eigenvalue weighted by atomic mass is 16.2. The zero-order chi connectivity index (χ0) is 18.8. The van der Waals surface area contributed by atoms with E-state index in [-0.39, 0.29) is 12.5 Å². The van der Waals surface area contributed by atoms with Gasteiger partial charge >= 0.3 is 0 Å². The largest absolute Gasteiger partial charge is 0.368 e. The summed E-state index contributed by atoms with van der Waals surface area (Å²) in [7, 11) is 0. The summed E-state index contributed by atoms with van der Waals surface area (Å²) < 4.78 is 0. The Morgan fingerprint density at radius 3 is 2.70 bits per heavy atom. The van der Waals surface area contributed by atoms with Crippen LogP contribution in [-0.2, 0) is 22.6 Å². The first-order valence-electron chi connectivity index (χ1n) is 8.85. The maximum absolute atomic E-state index is 12.7. The van der Waals surface area contributed by atoms with E-state index >= 15 is 0 Å². The molecule has 1 aliphatic rings. The van der Waals surface area contributed by atoms with Crippen molar-refractivity contribution in [1.29, 1.82) is 0 Å². The van der Waals surface area contributed by atoms with E-state index in [2.05, 4.69) is 10.3 Å². The third-order valence-electron chi connectivity index (χ3n) is 4.94. The van der Waals surface area contributed by atoms with E-state index in [1.165, 1.54) is 0 Å². The number of primary amides is 1. The lowest BCUT2D eigenvalue weighted by atomic mass is 9.93. The summed E-state index contributed by atoms with van der Waals surface area (Å²) >= 11 is 0. The Bertz CT molecular complexity index is 1010. The van der Waals surface area contributed by atoms with Crippen molar-refractivity contribution in [3.8, 4) is 0 Å². The molecule has 27 heavy (non-hydrogen) atoms. The third-order valence-corrected chi connectivity index (χ3v) is 4.94. The molecule has 4 rings (SSSR count). The lowest BCUT2D eigenvalue weighted by Gasteiger charge is -2.34. The van der Waals surface area contributed by atoms with Crippen LogP contribution in [0.1, 0.15) is 11.1 Å². The number of amides is 2. The molecule has 1 aromatic heterocycles. The fraction of sp³-hybridized carbons (Fsp3) is 0.190. The molecule has 3 aromatic rings. The minimum atomic E-state index is -0.486. The van der Waals surface area contributed by atoms with Crippen LogP contribution in [0.4, 0.5) is 5.69 Å². The van der Waals surface area contributed by atoms with Crippen LogP contribution in [0, 0.1) is 0 Å². The minimum absolute atomic E-state index is 0.0958. The van der Waals surface area contributed by atoms with E-state index < -0.39 is 11.9 Å². The number of anilines is 1. The van der Waals surface area contributed by atoms with Crippen molar-refractivity contribution in [2.75, 3.05) is 11.9 Å². The average Bonchev–Trinajstić information content (AvgIpc) is 2.67. The molecule has 0 fully saturated rings. The molecule has 0 bridgehead atoms. The van der Waals surface area contributed by atoms with Gasteiger partial charge in [0.15, 0.2) is 0 Å². The van der Waals surface area contributed by atoms with E-state index in [1.807, 2.05) is 59.5 Å². The summed E-state index contributed by atoms with van der Waals surface area (Å²) in [4.78, 5) is 30.7. The molecule has 0 radical (unpaired) electrons. The van der Waals surface area contributed by atoms with Crippen LogP contribution in [0.3, 0.4) is 0 Å². The maximum atomic E-state index is 12.7. The fourth-order valence-electron chi connectivity index (χ4n) is 3.61. The number of pyridine rings is 1. The average molecular weight is 360 g/mol. The van der Waals surface area contributed by atoms with Gasteiger partial charge in [-0.05, 0) is 41.8 Å². The number of nitrogens with zero attached hydrogens (tertiary/aromatic N) is 2. The Morgan fingerprint density at radius 2 is 1.89 bits per heavy atom. The molecule has 2 aromatic carbocycles. The number of carbonyl (C=O) groups excluding carboxylic acids is 2. The highest BCUT2D eigenvalue weighted by Crippen LogP contribution is 2.24. The Kier molecular flexibility index (Phi) is 4.56. The monoisotopic (exact) mass is 360 g/mol. The number of benzene rings is 2. The number of carbonyl (C=O) groups is 2. The van der Waals surface area contributed by atoms with Gasteiger partial charge < -0.3 is 11.1 Å². The minimum Gasteiger partial charge on any atom is -0.368 e. The number of nitrogens with two attached hydrogens (primary N) is 1. The first-order chi connectivity index (χ1) is 13.1. The molecule has 0 saturated carbocycles. The van der Waals surface area contributed by atoms with Gasteiger partial charge in [0.05, 0.1) is 23.8 Å². The predicted octanol–water partition coefficient (Wildman–Crippen LogP) is 2.09. The second-order valence-corrected chi connectivity index (χ2v) is 6.72. The number of nitrogens with one attached hydrogen (secondary N) is 1. The Balaban J connectivity index is 1.53. The smallest absolute Gasteiger partial charge is 0.238 e. The van der Waals surface area contributed by atoms with Gasteiger partial charge in [0, 0.05) is 18.1 Å². The number of hydrogen-bond acceptors (Lipinski definition) is 4. The van der Waals surface area contributed by atoms with Gasteiger partial charge in [-0.3, -0.25) is 19.5 Å². The van der Waals surface area contributed by atoms with Crippen LogP contribution in [0.2, 0.25) is 0 Å². The predicted molar refractivity (Wildman–Crippen MR) is 104 cm³/mol. The molecule has 136 valence electrons. The van der Waals surface area contributed by atoms with Crippen LogP contribution in [0.25, 0.3) is 10.9 Å². The molecular formula is C21H20N4O2. The molecule has 1 atom stereocenters. The third kappa shape index (κ3) is 3.52. The van der Waals surface area contributed by atoms with Crippen molar-refractivity contribution in [2.45, 2.75) is 19.0 Å². The van der Waals surface area contributed by atoms with Crippen LogP contribution >= 0.6 is 0 Å². The van der Waals surface area contributed by atoms with Gasteiger partial charge in [-0.25, -0.2) is 0 Å². The summed E-state index contributed by atoms with van der Waals surface area (Å²) in [6.45, 7) is 0.618. The van der Waals surface area contributed by atoms with Crippen molar-refractivity contribution < 1.29 is 9.59 Å². The van der Waals surface area contributed by atoms with E-state index in [4.69, 9.17) is 5.73 Å². The summed E-state index contributed by atoms with van der Waals surface area (Å²) in [6.07, 6.45) is 2.24. The van der Waals surface area contributed by atoms with E-state index in [9.17, 15) is 9.59 Å². The van der Waals surface area contributed by atoms with Crippen LogP contribution in [0.15, 0.2) is 60.8 Å². The molecule has 2 amide bonds. The maximum Gasteiger partial charge on any atom is 0.238 e. The van der Waals surface area contributed by atoms with Gasteiger partial charge in [-0.1, -0.05) is 30.3 Å². The van der Waals surface area contributed by atoms with Crippen molar-refractivity contribution in [2.24, 2.45) is 5.73 Å². The number of hydrogen-bond donors (Lipinski definition) is 2. The van der Waals surface area contributed by atoms with Gasteiger partial charge in [-0.2, -0.15) is 0 Å². The second kappa shape index (κ2) is 7.17. The molecule has 3 N–H and O–H groups in total. The molecule has 6 heteroatoms. The van der Waals surface area contributed by atoms with Crippen molar-refractivity contribution >= 4 is 28.4 Å². The number of rotatable bonds is 4. The van der Waals surface area contributed by atoms with Gasteiger partial charge in [-0.15, -0.1) is 0 Å². The van der Waals surface area contributed by atoms with Crippen LogP contribution in [-0.4, -0.2) is 34.3 Å². The highest BCUT2D eigenvalue weighted by Gasteiger charge is 2.31. The molecule has 6 nitrogen and oxygen atoms in total. The molecule has 0 spiro atoms. The zero-order valence-corrected chi connectivity index (χ0v) is 14.8. The van der Waals surface area contributed by atoms with E-state index in [1.54, 1.807) is 6.20 Å². The second-order valence-electron chi connectivity index (χ2n) is 6.72.